The highest BCUT2D eigenvalue weighted by molar-refractivity contribution is 6.05. The summed E-state index contributed by atoms with van der Waals surface area (Å²) in [5, 5.41) is 5.56. The molecule has 0 radical (unpaired) electrons. The molecule has 7 nitrogen and oxygen atoms in total. The van der Waals surface area contributed by atoms with Crippen LogP contribution >= 0.6 is 0 Å². The van der Waals surface area contributed by atoms with Gasteiger partial charge in [-0.05, 0) is 64.5 Å². The number of likely N-dealkylation sites (tertiary alicyclic amines) is 1. The summed E-state index contributed by atoms with van der Waals surface area (Å²) in [6.07, 6.45) is 6.68. The Morgan fingerprint density at radius 3 is 2.73 bits per heavy atom. The number of fused-ring (bicyclic) bond motifs is 1. The van der Waals surface area contributed by atoms with Gasteiger partial charge >= 0.3 is 5.97 Å². The van der Waals surface area contributed by atoms with Crippen LogP contribution in [0.15, 0.2) is 6.20 Å². The van der Waals surface area contributed by atoms with Crippen molar-refractivity contribution in [2.75, 3.05) is 44.2 Å². The highest BCUT2D eigenvalue weighted by Gasteiger charge is 2.29. The predicted molar refractivity (Wildman–Crippen MR) is 119 cm³/mol. The summed E-state index contributed by atoms with van der Waals surface area (Å²) >= 11 is 0. The Hall–Kier alpha value is -2.15. The fourth-order valence-electron chi connectivity index (χ4n) is 5.11. The minimum absolute atomic E-state index is 0.294. The lowest BCUT2D eigenvalue weighted by Gasteiger charge is -2.39. The molecule has 0 aromatic carbocycles. The maximum atomic E-state index is 12.8. The van der Waals surface area contributed by atoms with Gasteiger partial charge in [-0.15, -0.1) is 0 Å². The molecule has 1 atom stereocenters. The largest absolute Gasteiger partial charge is 0.462 e. The van der Waals surface area contributed by atoms with E-state index in [1.807, 2.05) is 20.9 Å². The van der Waals surface area contributed by atoms with E-state index < -0.39 is 0 Å². The van der Waals surface area contributed by atoms with Crippen LogP contribution in [-0.4, -0.2) is 65.0 Å². The highest BCUT2D eigenvalue weighted by Crippen LogP contribution is 2.35. The summed E-state index contributed by atoms with van der Waals surface area (Å²) in [5.41, 5.74) is 3.25. The topological polar surface area (TPSA) is 63.5 Å². The lowest BCUT2D eigenvalue weighted by molar-refractivity contribution is 0.0526. The number of anilines is 1. The van der Waals surface area contributed by atoms with Gasteiger partial charge in [0.1, 0.15) is 5.56 Å². The van der Waals surface area contributed by atoms with Gasteiger partial charge in [-0.25, -0.2) is 9.78 Å². The third-order valence-electron chi connectivity index (χ3n) is 6.72. The first kappa shape index (κ1) is 21.1. The fourth-order valence-corrected chi connectivity index (χ4v) is 5.11. The van der Waals surface area contributed by atoms with Crippen molar-refractivity contribution in [3.63, 3.8) is 0 Å². The molecule has 0 saturated carbocycles. The van der Waals surface area contributed by atoms with Crippen molar-refractivity contribution in [2.24, 2.45) is 18.9 Å². The molecule has 4 rings (SSSR count). The first-order chi connectivity index (χ1) is 14.5. The third-order valence-corrected chi connectivity index (χ3v) is 6.72. The van der Waals surface area contributed by atoms with Gasteiger partial charge in [0.25, 0.3) is 0 Å². The van der Waals surface area contributed by atoms with E-state index >= 15 is 0 Å². The van der Waals surface area contributed by atoms with Crippen LogP contribution in [0.25, 0.3) is 11.0 Å². The van der Waals surface area contributed by atoms with Crippen LogP contribution < -0.4 is 4.90 Å². The van der Waals surface area contributed by atoms with Gasteiger partial charge in [-0.3, -0.25) is 4.68 Å². The number of piperidine rings is 2. The van der Waals surface area contributed by atoms with E-state index in [-0.39, 0.29) is 5.97 Å². The smallest absolute Gasteiger partial charge is 0.341 e. The van der Waals surface area contributed by atoms with Gasteiger partial charge in [-0.1, -0.05) is 6.92 Å². The summed E-state index contributed by atoms with van der Waals surface area (Å²) in [6, 6.07) is 0. The van der Waals surface area contributed by atoms with Crippen molar-refractivity contribution < 1.29 is 9.53 Å². The van der Waals surface area contributed by atoms with Gasteiger partial charge in [0.2, 0.25) is 0 Å². The fraction of sp³-hybridized carbons (Fsp3) is 0.696. The van der Waals surface area contributed by atoms with E-state index in [0.717, 1.165) is 54.4 Å². The van der Waals surface area contributed by atoms with Crippen LogP contribution in [0.2, 0.25) is 0 Å². The Labute approximate surface area is 179 Å². The number of nitrogens with zero attached hydrogens (tertiary/aromatic N) is 5. The van der Waals surface area contributed by atoms with E-state index in [1.54, 1.807) is 10.9 Å². The van der Waals surface area contributed by atoms with Gasteiger partial charge in [0.05, 0.1) is 23.4 Å². The van der Waals surface area contributed by atoms with Crippen LogP contribution in [0, 0.1) is 18.8 Å². The maximum absolute atomic E-state index is 12.8. The van der Waals surface area contributed by atoms with Crippen LogP contribution in [0.1, 0.15) is 55.6 Å². The minimum Gasteiger partial charge on any atom is -0.462 e. The number of rotatable bonds is 5. The Kier molecular flexibility index (Phi) is 6.27. The molecule has 0 amide bonds. The van der Waals surface area contributed by atoms with E-state index in [4.69, 9.17) is 4.74 Å². The second-order valence-corrected chi connectivity index (χ2v) is 9.09. The molecule has 2 aliphatic heterocycles. The molecule has 164 valence electrons. The lowest BCUT2D eigenvalue weighted by Crippen LogP contribution is -2.43. The average molecular weight is 414 g/mol. The molecule has 7 heteroatoms. The Morgan fingerprint density at radius 1 is 1.23 bits per heavy atom. The number of esters is 1. The van der Waals surface area contributed by atoms with E-state index in [0.29, 0.717) is 18.1 Å². The average Bonchev–Trinajstić information content (AvgIpc) is 3.03. The van der Waals surface area contributed by atoms with Crippen molar-refractivity contribution in [3.8, 4) is 0 Å². The van der Waals surface area contributed by atoms with Gasteiger partial charge in [0.15, 0.2) is 5.65 Å². The predicted octanol–water partition coefficient (Wildman–Crippen LogP) is 3.40. The number of hydrogen-bond donors (Lipinski definition) is 0. The molecule has 2 saturated heterocycles. The molecule has 2 fully saturated rings. The van der Waals surface area contributed by atoms with Gasteiger partial charge in [0, 0.05) is 32.9 Å². The zero-order chi connectivity index (χ0) is 21.3. The van der Waals surface area contributed by atoms with Crippen LogP contribution in [0.3, 0.4) is 0 Å². The van der Waals surface area contributed by atoms with Crippen molar-refractivity contribution in [2.45, 2.75) is 46.5 Å². The van der Waals surface area contributed by atoms with Gasteiger partial charge in [-0.2, -0.15) is 5.10 Å². The quantitative estimate of drug-likeness (QED) is 0.700. The van der Waals surface area contributed by atoms with Crippen LogP contribution in [-0.2, 0) is 11.8 Å². The van der Waals surface area contributed by atoms with Crippen molar-refractivity contribution in [1.29, 1.82) is 0 Å². The molecule has 2 aromatic heterocycles. The molecule has 0 bridgehead atoms. The normalized spacial score (nSPS) is 21.3. The minimum atomic E-state index is -0.294. The molecule has 4 heterocycles. The third kappa shape index (κ3) is 4.17. The number of carbonyl (C=O) groups excluding carboxylic acids is 1. The monoisotopic (exact) mass is 413 g/mol. The first-order valence-corrected chi connectivity index (χ1v) is 11.4. The molecule has 0 aliphatic carbocycles. The zero-order valence-electron chi connectivity index (χ0n) is 18.9. The van der Waals surface area contributed by atoms with Gasteiger partial charge < -0.3 is 14.5 Å². The number of ether oxygens (including phenoxy) is 1. The van der Waals surface area contributed by atoms with Crippen LogP contribution in [0.5, 0.6) is 0 Å². The number of pyridine rings is 1. The standard InChI is InChI=1S/C23H35N5O2/c1-5-30-23(29)19-13-24-22-20(17(3)25-26(22)4)21(19)28-10-6-7-18(15-28)14-27-11-8-16(2)9-12-27/h13,16,18H,5-12,14-15H2,1-4H3. The Morgan fingerprint density at radius 2 is 2.00 bits per heavy atom. The molecular formula is C23H35N5O2. The first-order valence-electron chi connectivity index (χ1n) is 11.4. The summed E-state index contributed by atoms with van der Waals surface area (Å²) in [6.45, 7) is 12.1. The SMILES string of the molecule is CCOC(=O)c1cnc2c(c(C)nn2C)c1N1CCCC(CN2CCC(C)CC2)C1. The second kappa shape index (κ2) is 8.92. The molecule has 0 spiro atoms. The molecular weight excluding hydrogens is 378 g/mol. The summed E-state index contributed by atoms with van der Waals surface area (Å²) in [4.78, 5) is 22.4. The number of aromatic nitrogens is 3. The molecule has 2 aromatic rings. The molecule has 30 heavy (non-hydrogen) atoms. The van der Waals surface area contributed by atoms with E-state index in [9.17, 15) is 4.79 Å². The lowest BCUT2D eigenvalue weighted by atomic mass is 9.93. The van der Waals surface area contributed by atoms with Crippen molar-refractivity contribution in [3.05, 3.63) is 17.5 Å². The van der Waals surface area contributed by atoms with Crippen LogP contribution in [0.4, 0.5) is 5.69 Å². The van der Waals surface area contributed by atoms with E-state index in [2.05, 4.69) is 26.8 Å². The summed E-state index contributed by atoms with van der Waals surface area (Å²) < 4.78 is 7.18. The van der Waals surface area contributed by atoms with Crippen molar-refractivity contribution >= 4 is 22.7 Å². The maximum Gasteiger partial charge on any atom is 0.341 e. The van der Waals surface area contributed by atoms with E-state index in [1.165, 1.54) is 32.4 Å². The summed E-state index contributed by atoms with van der Waals surface area (Å²) in [5.74, 6) is 1.18. The van der Waals surface area contributed by atoms with Crippen molar-refractivity contribution in [1.82, 2.24) is 19.7 Å². The number of aryl methyl sites for hydroxylation is 2. The molecule has 0 N–H and O–H groups in total. The Bertz CT molecular complexity index is 901. The summed E-state index contributed by atoms with van der Waals surface area (Å²) in [7, 11) is 1.91. The Balaban J connectivity index is 1.63. The number of hydrogen-bond acceptors (Lipinski definition) is 6. The molecule has 2 aliphatic rings. The zero-order valence-corrected chi connectivity index (χ0v) is 18.9. The highest BCUT2D eigenvalue weighted by atomic mass is 16.5. The number of carbonyl (C=O) groups is 1. The second-order valence-electron chi connectivity index (χ2n) is 9.09. The molecule has 1 unspecified atom stereocenters.